The van der Waals surface area contributed by atoms with Gasteiger partial charge >= 0.3 is 0 Å². The number of aryl methyl sites for hydroxylation is 2. The van der Waals surface area contributed by atoms with Gasteiger partial charge in [-0.15, -0.1) is 0 Å². The van der Waals surface area contributed by atoms with Gasteiger partial charge in [0, 0.05) is 36.1 Å². The summed E-state index contributed by atoms with van der Waals surface area (Å²) in [5.41, 5.74) is 4.23. The minimum absolute atomic E-state index is 0.565. The molecule has 0 amide bonds. The fourth-order valence-corrected chi connectivity index (χ4v) is 2.80. The van der Waals surface area contributed by atoms with Gasteiger partial charge in [0.15, 0.2) is 5.11 Å². The first-order valence-corrected chi connectivity index (χ1v) is 8.60. The molecule has 3 aromatic rings. The van der Waals surface area contributed by atoms with Gasteiger partial charge in [0.05, 0.1) is 5.52 Å². The van der Waals surface area contributed by atoms with E-state index in [2.05, 4.69) is 38.1 Å². The van der Waals surface area contributed by atoms with Crippen LogP contribution in [0.2, 0.25) is 0 Å². The van der Waals surface area contributed by atoms with Gasteiger partial charge in [-0.25, -0.2) is 4.98 Å². The number of hydrogen-bond donors (Lipinski definition) is 3. The third-order valence-corrected chi connectivity index (χ3v) is 3.97. The maximum Gasteiger partial charge on any atom is 0.172 e. The summed E-state index contributed by atoms with van der Waals surface area (Å²) >= 11 is 5.31. The monoisotopic (exact) mass is 351 g/mol. The number of aromatic nitrogens is 2. The first-order chi connectivity index (χ1) is 12.1. The third kappa shape index (κ3) is 4.64. The molecule has 6 heteroatoms. The first-order valence-electron chi connectivity index (χ1n) is 8.19. The quantitative estimate of drug-likeness (QED) is 0.482. The van der Waals surface area contributed by atoms with E-state index < -0.39 is 0 Å². The van der Waals surface area contributed by atoms with Crippen molar-refractivity contribution in [1.29, 1.82) is 0 Å². The highest BCUT2D eigenvalue weighted by atomic mass is 32.1. The number of thiocarbonyl (C=S) groups is 1. The summed E-state index contributed by atoms with van der Waals surface area (Å²) in [6, 6.07) is 14.1. The largest absolute Gasteiger partial charge is 0.383 e. The van der Waals surface area contributed by atoms with Gasteiger partial charge in [-0.3, -0.25) is 4.98 Å². The Bertz CT molecular complexity index is 894. The SMILES string of the molecule is Cc1ccnc(NC(=S)NCCNc2cc(C)nc3ccccc23)c1. The maximum atomic E-state index is 5.31. The summed E-state index contributed by atoms with van der Waals surface area (Å²) in [6.07, 6.45) is 1.76. The Kier molecular flexibility index (Phi) is 5.40. The van der Waals surface area contributed by atoms with Crippen LogP contribution < -0.4 is 16.0 Å². The molecule has 0 aliphatic heterocycles. The van der Waals surface area contributed by atoms with Crippen molar-refractivity contribution < 1.29 is 0 Å². The normalized spacial score (nSPS) is 10.5. The van der Waals surface area contributed by atoms with Crippen molar-refractivity contribution >= 4 is 39.7 Å². The fourth-order valence-electron chi connectivity index (χ4n) is 2.59. The fraction of sp³-hybridized carbons (Fsp3) is 0.211. The standard InChI is InChI=1S/C19H21N5S/c1-13-7-8-21-18(11-13)24-19(25)22-10-9-20-17-12-14(2)23-16-6-4-3-5-15(16)17/h3-8,11-12H,9-10H2,1-2H3,(H,20,23)(H2,21,22,24,25). The second kappa shape index (κ2) is 7.90. The van der Waals surface area contributed by atoms with Crippen molar-refractivity contribution in [3.63, 3.8) is 0 Å². The number of fused-ring (bicyclic) bond motifs is 1. The zero-order chi connectivity index (χ0) is 17.6. The number of nitrogens with one attached hydrogen (secondary N) is 3. The number of nitrogens with zero attached hydrogens (tertiary/aromatic N) is 2. The van der Waals surface area contributed by atoms with E-state index in [1.165, 1.54) is 0 Å². The van der Waals surface area contributed by atoms with Crippen molar-refractivity contribution in [2.24, 2.45) is 0 Å². The molecule has 0 bridgehead atoms. The lowest BCUT2D eigenvalue weighted by molar-refractivity contribution is 0.915. The number of hydrogen-bond acceptors (Lipinski definition) is 4. The summed E-state index contributed by atoms with van der Waals surface area (Å²) in [4.78, 5) is 8.79. The predicted molar refractivity (Wildman–Crippen MR) is 108 cm³/mol. The van der Waals surface area contributed by atoms with E-state index in [0.717, 1.165) is 40.2 Å². The number of benzene rings is 1. The van der Waals surface area contributed by atoms with Gasteiger partial charge in [0.25, 0.3) is 0 Å². The molecule has 0 fully saturated rings. The summed E-state index contributed by atoms with van der Waals surface area (Å²) < 4.78 is 0. The lowest BCUT2D eigenvalue weighted by Crippen LogP contribution is -2.32. The molecule has 3 N–H and O–H groups in total. The van der Waals surface area contributed by atoms with Gasteiger partial charge < -0.3 is 16.0 Å². The average molecular weight is 351 g/mol. The van der Waals surface area contributed by atoms with Gasteiger partial charge in [0.1, 0.15) is 5.82 Å². The van der Waals surface area contributed by atoms with E-state index >= 15 is 0 Å². The minimum Gasteiger partial charge on any atom is -0.383 e. The Morgan fingerprint density at radius 2 is 1.92 bits per heavy atom. The maximum absolute atomic E-state index is 5.31. The van der Waals surface area contributed by atoms with Crippen LogP contribution in [-0.2, 0) is 0 Å². The highest BCUT2D eigenvalue weighted by molar-refractivity contribution is 7.80. The number of para-hydroxylation sites is 1. The van der Waals surface area contributed by atoms with Gasteiger partial charge in [0.2, 0.25) is 0 Å². The van der Waals surface area contributed by atoms with Crippen LogP contribution in [0.1, 0.15) is 11.3 Å². The molecule has 0 aliphatic carbocycles. The Balaban J connectivity index is 1.53. The molecule has 2 heterocycles. The van der Waals surface area contributed by atoms with E-state index in [0.29, 0.717) is 11.7 Å². The molecule has 3 rings (SSSR count). The van der Waals surface area contributed by atoms with Crippen molar-refractivity contribution in [2.45, 2.75) is 13.8 Å². The molecule has 0 atom stereocenters. The number of anilines is 2. The molecule has 0 radical (unpaired) electrons. The van der Waals surface area contributed by atoms with Crippen molar-refractivity contribution in [3.05, 3.63) is 59.9 Å². The molecule has 2 aromatic heterocycles. The number of rotatable bonds is 5. The molecule has 0 saturated heterocycles. The first kappa shape index (κ1) is 17.1. The van der Waals surface area contributed by atoms with E-state index in [1.54, 1.807) is 6.20 Å². The van der Waals surface area contributed by atoms with E-state index in [1.807, 2.05) is 44.2 Å². The van der Waals surface area contributed by atoms with Crippen LogP contribution in [0.5, 0.6) is 0 Å². The lowest BCUT2D eigenvalue weighted by atomic mass is 10.1. The van der Waals surface area contributed by atoms with E-state index in [9.17, 15) is 0 Å². The van der Waals surface area contributed by atoms with Crippen molar-refractivity contribution in [2.75, 3.05) is 23.7 Å². The van der Waals surface area contributed by atoms with Crippen molar-refractivity contribution in [1.82, 2.24) is 15.3 Å². The second-order valence-corrected chi connectivity index (χ2v) is 6.26. The zero-order valence-corrected chi connectivity index (χ0v) is 15.2. The lowest BCUT2D eigenvalue weighted by Gasteiger charge is -2.13. The Labute approximate surface area is 152 Å². The van der Waals surface area contributed by atoms with Gasteiger partial charge in [-0.05, 0) is 55.9 Å². The zero-order valence-electron chi connectivity index (χ0n) is 14.3. The summed E-state index contributed by atoms with van der Waals surface area (Å²) in [6.45, 7) is 5.47. The molecule has 0 aliphatic rings. The Morgan fingerprint density at radius 1 is 1.08 bits per heavy atom. The topological polar surface area (TPSA) is 61.9 Å². The van der Waals surface area contributed by atoms with Crippen LogP contribution in [0.25, 0.3) is 10.9 Å². The molecule has 128 valence electrons. The Morgan fingerprint density at radius 3 is 2.76 bits per heavy atom. The molecule has 25 heavy (non-hydrogen) atoms. The highest BCUT2D eigenvalue weighted by Crippen LogP contribution is 2.22. The number of pyridine rings is 2. The highest BCUT2D eigenvalue weighted by Gasteiger charge is 2.03. The summed E-state index contributed by atoms with van der Waals surface area (Å²) in [5.74, 6) is 0.751. The predicted octanol–water partition coefficient (Wildman–Crippen LogP) is 3.65. The molecule has 0 saturated carbocycles. The van der Waals surface area contributed by atoms with Crippen LogP contribution in [0.15, 0.2) is 48.7 Å². The minimum atomic E-state index is 0.565. The van der Waals surface area contributed by atoms with Crippen LogP contribution in [0.3, 0.4) is 0 Å². The molecule has 5 nitrogen and oxygen atoms in total. The van der Waals surface area contributed by atoms with E-state index in [4.69, 9.17) is 12.2 Å². The van der Waals surface area contributed by atoms with Crippen molar-refractivity contribution in [3.8, 4) is 0 Å². The van der Waals surface area contributed by atoms with Crippen LogP contribution >= 0.6 is 12.2 Å². The molecule has 0 spiro atoms. The third-order valence-electron chi connectivity index (χ3n) is 3.73. The smallest absolute Gasteiger partial charge is 0.172 e. The summed E-state index contributed by atoms with van der Waals surface area (Å²) in [7, 11) is 0. The van der Waals surface area contributed by atoms with Gasteiger partial charge in [-0.1, -0.05) is 18.2 Å². The summed E-state index contributed by atoms with van der Waals surface area (Å²) in [5, 5.41) is 11.4. The molecular weight excluding hydrogens is 330 g/mol. The van der Waals surface area contributed by atoms with Crippen LogP contribution in [-0.4, -0.2) is 28.2 Å². The van der Waals surface area contributed by atoms with Crippen LogP contribution in [0, 0.1) is 13.8 Å². The Hall–Kier alpha value is -2.73. The van der Waals surface area contributed by atoms with Gasteiger partial charge in [-0.2, -0.15) is 0 Å². The van der Waals surface area contributed by atoms with Crippen LogP contribution in [0.4, 0.5) is 11.5 Å². The molecule has 0 unspecified atom stereocenters. The average Bonchev–Trinajstić information content (AvgIpc) is 2.58. The molecular formula is C19H21N5S. The van der Waals surface area contributed by atoms with E-state index in [-0.39, 0.29) is 0 Å². The second-order valence-electron chi connectivity index (χ2n) is 5.85. The molecule has 1 aromatic carbocycles.